The van der Waals surface area contributed by atoms with Crippen molar-refractivity contribution in [3.63, 3.8) is 0 Å². The normalized spacial score (nSPS) is 20.7. The van der Waals surface area contributed by atoms with Gasteiger partial charge in [-0.3, -0.25) is 9.59 Å². The first-order chi connectivity index (χ1) is 12.0. The van der Waals surface area contributed by atoms with Gasteiger partial charge in [0.2, 0.25) is 0 Å². The number of piperazine rings is 2. The predicted molar refractivity (Wildman–Crippen MR) is 87.1 cm³/mol. The number of hydrogen-bond donors (Lipinski definition) is 1. The lowest BCUT2D eigenvalue weighted by molar-refractivity contribution is -0.150. The number of pyridine rings is 1. The number of aromatic nitrogens is 1. The summed E-state index contributed by atoms with van der Waals surface area (Å²) in [6.07, 6.45) is 0. The van der Waals surface area contributed by atoms with Crippen LogP contribution in [0.4, 0.5) is 14.5 Å². The third-order valence-electron chi connectivity index (χ3n) is 4.76. The third kappa shape index (κ3) is 2.48. The van der Waals surface area contributed by atoms with E-state index >= 15 is 0 Å². The second-order valence-electron chi connectivity index (χ2n) is 6.35. The highest BCUT2D eigenvalue weighted by Gasteiger charge is 2.38. The topological polar surface area (TPSA) is 65.5 Å². The maximum atomic E-state index is 14.1. The van der Waals surface area contributed by atoms with Crippen LogP contribution in [0.15, 0.2) is 18.2 Å². The number of anilines is 1. The molecule has 4 rings (SSSR count). The van der Waals surface area contributed by atoms with E-state index < -0.39 is 23.4 Å². The molecule has 2 aliphatic rings. The molecule has 2 aromatic rings. The van der Waals surface area contributed by atoms with E-state index in [9.17, 15) is 18.4 Å². The van der Waals surface area contributed by atoms with Gasteiger partial charge in [-0.2, -0.15) is 0 Å². The van der Waals surface area contributed by atoms with Gasteiger partial charge in [0.1, 0.15) is 5.52 Å². The Bertz CT molecular complexity index is 902. The Kier molecular flexibility index (Phi) is 3.55. The van der Waals surface area contributed by atoms with E-state index in [2.05, 4.69) is 10.3 Å². The fraction of sp³-hybridized carbons (Fsp3) is 0.353. The number of benzene rings is 1. The molecule has 6 nitrogen and oxygen atoms in total. The molecule has 1 atom stereocenters. The summed E-state index contributed by atoms with van der Waals surface area (Å²) in [6.45, 7) is 3.53. The number of carbonyl (C=O) groups is 2. The number of carbonyl (C=O) groups excluding carboxylic acids is 2. The van der Waals surface area contributed by atoms with Crippen LogP contribution in [0.5, 0.6) is 0 Å². The van der Waals surface area contributed by atoms with Crippen LogP contribution in [0, 0.1) is 18.6 Å². The number of hydrogen-bond acceptors (Lipinski definition) is 4. The van der Waals surface area contributed by atoms with Crippen LogP contribution in [0.2, 0.25) is 0 Å². The Hall–Kier alpha value is -2.77. The van der Waals surface area contributed by atoms with Crippen LogP contribution in [-0.2, 0) is 9.59 Å². The Morgan fingerprint density at radius 2 is 2.04 bits per heavy atom. The Labute approximate surface area is 142 Å². The molecule has 1 aromatic carbocycles. The Morgan fingerprint density at radius 1 is 1.24 bits per heavy atom. The van der Waals surface area contributed by atoms with Crippen molar-refractivity contribution in [3.8, 4) is 0 Å². The second kappa shape index (κ2) is 5.65. The lowest BCUT2D eigenvalue weighted by atomic mass is 10.1. The van der Waals surface area contributed by atoms with Gasteiger partial charge in [0.25, 0.3) is 0 Å². The zero-order valence-corrected chi connectivity index (χ0v) is 13.6. The van der Waals surface area contributed by atoms with Crippen molar-refractivity contribution >= 4 is 28.4 Å². The summed E-state index contributed by atoms with van der Waals surface area (Å²) in [5.74, 6) is -2.98. The molecule has 0 saturated carbocycles. The van der Waals surface area contributed by atoms with Gasteiger partial charge in [-0.1, -0.05) is 0 Å². The first-order valence-corrected chi connectivity index (χ1v) is 8.05. The predicted octanol–water partition coefficient (Wildman–Crippen LogP) is 0.968. The van der Waals surface area contributed by atoms with Crippen LogP contribution < -0.4 is 10.2 Å². The lowest BCUT2D eigenvalue weighted by Crippen LogP contribution is -2.65. The molecular weight excluding hydrogens is 330 g/mol. The molecule has 2 saturated heterocycles. The van der Waals surface area contributed by atoms with E-state index in [0.717, 1.165) is 11.8 Å². The van der Waals surface area contributed by atoms with E-state index in [4.69, 9.17) is 0 Å². The number of aryl methyl sites for hydroxylation is 1. The van der Waals surface area contributed by atoms with E-state index in [1.165, 1.54) is 6.07 Å². The molecule has 0 aliphatic carbocycles. The van der Waals surface area contributed by atoms with E-state index in [1.807, 2.05) is 11.0 Å². The van der Waals surface area contributed by atoms with Gasteiger partial charge in [0, 0.05) is 42.9 Å². The fourth-order valence-electron chi connectivity index (χ4n) is 3.53. The summed E-state index contributed by atoms with van der Waals surface area (Å²) in [5, 5.41) is 3.12. The van der Waals surface area contributed by atoms with Gasteiger partial charge in [-0.15, -0.1) is 0 Å². The van der Waals surface area contributed by atoms with Crippen LogP contribution in [0.25, 0.3) is 10.9 Å². The fourth-order valence-corrected chi connectivity index (χ4v) is 3.53. The molecule has 25 heavy (non-hydrogen) atoms. The number of nitrogens with zero attached hydrogens (tertiary/aromatic N) is 3. The van der Waals surface area contributed by atoms with Crippen LogP contribution in [0.3, 0.4) is 0 Å². The molecule has 0 radical (unpaired) electrons. The highest BCUT2D eigenvalue weighted by Crippen LogP contribution is 2.31. The first kappa shape index (κ1) is 15.7. The number of fused-ring (bicyclic) bond motifs is 2. The lowest BCUT2D eigenvalue weighted by Gasteiger charge is -2.44. The Morgan fingerprint density at radius 3 is 2.84 bits per heavy atom. The smallest absolute Gasteiger partial charge is 0.312 e. The van der Waals surface area contributed by atoms with E-state index in [0.29, 0.717) is 37.3 Å². The average molecular weight is 346 g/mol. The summed E-state index contributed by atoms with van der Waals surface area (Å²) in [7, 11) is 0. The van der Waals surface area contributed by atoms with Gasteiger partial charge in [-0.05, 0) is 25.1 Å². The summed E-state index contributed by atoms with van der Waals surface area (Å²) in [5.41, 5.74) is 1.35. The third-order valence-corrected chi connectivity index (χ3v) is 4.76. The molecule has 2 fully saturated rings. The number of rotatable bonds is 1. The van der Waals surface area contributed by atoms with E-state index in [1.54, 1.807) is 11.8 Å². The summed E-state index contributed by atoms with van der Waals surface area (Å²) >= 11 is 0. The highest BCUT2D eigenvalue weighted by molar-refractivity contribution is 6.35. The van der Waals surface area contributed by atoms with Crippen LogP contribution >= 0.6 is 0 Å². The number of nitrogens with one attached hydrogen (secondary N) is 1. The Balaban J connectivity index is 1.72. The second-order valence-corrected chi connectivity index (χ2v) is 6.35. The van der Waals surface area contributed by atoms with Crippen molar-refractivity contribution in [2.45, 2.75) is 13.0 Å². The number of halogens is 2. The van der Waals surface area contributed by atoms with Gasteiger partial charge < -0.3 is 15.1 Å². The van der Waals surface area contributed by atoms with E-state index in [-0.39, 0.29) is 11.6 Å². The quantitative estimate of drug-likeness (QED) is 0.782. The van der Waals surface area contributed by atoms with Crippen molar-refractivity contribution in [3.05, 3.63) is 35.5 Å². The minimum atomic E-state index is -0.957. The molecule has 130 valence electrons. The van der Waals surface area contributed by atoms with Crippen molar-refractivity contribution in [2.24, 2.45) is 0 Å². The molecule has 2 amide bonds. The minimum Gasteiger partial charge on any atom is -0.367 e. The van der Waals surface area contributed by atoms with Gasteiger partial charge in [0.05, 0.1) is 6.04 Å². The zero-order chi connectivity index (χ0) is 17.7. The van der Waals surface area contributed by atoms with Gasteiger partial charge in [0.15, 0.2) is 11.6 Å². The first-order valence-electron chi connectivity index (χ1n) is 8.05. The molecule has 2 aliphatic heterocycles. The summed E-state index contributed by atoms with van der Waals surface area (Å²) < 4.78 is 27.7. The van der Waals surface area contributed by atoms with Crippen LogP contribution in [0.1, 0.15) is 5.69 Å². The largest absolute Gasteiger partial charge is 0.367 e. The molecule has 1 N–H and O–H groups in total. The van der Waals surface area contributed by atoms with Gasteiger partial charge in [-0.25, -0.2) is 13.8 Å². The highest BCUT2D eigenvalue weighted by atomic mass is 19.2. The summed E-state index contributed by atoms with van der Waals surface area (Å²) in [6, 6.07) is 4.31. The van der Waals surface area contributed by atoms with Gasteiger partial charge >= 0.3 is 11.8 Å². The maximum absolute atomic E-state index is 14.1. The molecule has 1 aromatic heterocycles. The van der Waals surface area contributed by atoms with Crippen molar-refractivity contribution < 1.29 is 18.4 Å². The van der Waals surface area contributed by atoms with Crippen molar-refractivity contribution in [2.75, 3.05) is 31.1 Å². The standard InChI is InChI=1S/C17H16F2N4O2/c1-9-6-13(11-2-3-12(18)14(19)15(11)21-9)22-4-5-23-10(8-22)7-20-16(24)17(23)25/h2-3,6,10H,4-5,7-8H2,1H3,(H,20,24)/t10-/m0/s1. The molecule has 8 heteroatoms. The molecule has 0 spiro atoms. The maximum Gasteiger partial charge on any atom is 0.312 e. The average Bonchev–Trinajstić information content (AvgIpc) is 2.61. The SMILES string of the molecule is Cc1cc(N2CCN3C(=O)C(=O)NC[C@H]3C2)c2ccc(F)c(F)c2n1. The van der Waals surface area contributed by atoms with Crippen molar-refractivity contribution in [1.29, 1.82) is 0 Å². The monoisotopic (exact) mass is 346 g/mol. The zero-order valence-electron chi connectivity index (χ0n) is 13.6. The minimum absolute atomic E-state index is 0.00505. The summed E-state index contributed by atoms with van der Waals surface area (Å²) in [4.78, 5) is 31.2. The van der Waals surface area contributed by atoms with Crippen molar-refractivity contribution in [1.82, 2.24) is 15.2 Å². The van der Waals surface area contributed by atoms with Crippen LogP contribution in [-0.4, -0.2) is 53.9 Å². The molecule has 0 bridgehead atoms. The molecule has 0 unspecified atom stereocenters. The number of amides is 2. The molecule has 3 heterocycles. The molecular formula is C17H16F2N4O2.